The summed E-state index contributed by atoms with van der Waals surface area (Å²) in [7, 11) is -3.49. The van der Waals surface area contributed by atoms with Gasteiger partial charge < -0.3 is 4.74 Å². The highest BCUT2D eigenvalue weighted by Gasteiger charge is 2.25. The Balaban J connectivity index is 1.80. The maximum absolute atomic E-state index is 12.4. The summed E-state index contributed by atoms with van der Waals surface area (Å²) in [5.74, 6) is 0.603. The summed E-state index contributed by atoms with van der Waals surface area (Å²) in [4.78, 5) is 0. The molecule has 0 fully saturated rings. The lowest BCUT2D eigenvalue weighted by molar-refractivity contribution is 0.263. The standard InChI is InChI=1S/C16H16ClNO3S/c17-14-7-3-1-5-12(14)11-22(19,20)18-15-9-10-21-16-8-4-2-6-13(15)16/h1-8,15,18H,9-11H2. The molecule has 0 saturated heterocycles. The molecule has 0 spiro atoms. The molecule has 2 aromatic rings. The molecule has 116 valence electrons. The Hall–Kier alpha value is -1.56. The van der Waals surface area contributed by atoms with Crippen LogP contribution in [0.1, 0.15) is 23.6 Å². The van der Waals surface area contributed by atoms with E-state index < -0.39 is 10.0 Å². The van der Waals surface area contributed by atoms with Gasteiger partial charge in [-0.15, -0.1) is 0 Å². The molecule has 0 bridgehead atoms. The zero-order chi connectivity index (χ0) is 15.6. The Bertz CT molecular complexity index is 776. The molecule has 22 heavy (non-hydrogen) atoms. The molecular weight excluding hydrogens is 322 g/mol. The van der Waals surface area contributed by atoms with E-state index in [1.54, 1.807) is 24.3 Å². The van der Waals surface area contributed by atoms with E-state index in [2.05, 4.69) is 4.72 Å². The second-order valence-corrected chi connectivity index (χ2v) is 7.36. The van der Waals surface area contributed by atoms with Crippen LogP contribution in [-0.4, -0.2) is 15.0 Å². The lowest BCUT2D eigenvalue weighted by Crippen LogP contribution is -2.33. The molecule has 0 aliphatic carbocycles. The second kappa shape index (κ2) is 6.28. The van der Waals surface area contributed by atoms with E-state index in [4.69, 9.17) is 16.3 Å². The van der Waals surface area contributed by atoms with Crippen molar-refractivity contribution in [3.05, 3.63) is 64.7 Å². The molecule has 6 heteroatoms. The van der Waals surface area contributed by atoms with Crippen LogP contribution >= 0.6 is 11.6 Å². The molecular formula is C16H16ClNO3S. The molecule has 1 aliphatic heterocycles. The number of fused-ring (bicyclic) bond motifs is 1. The molecule has 1 unspecified atom stereocenters. The third-order valence-electron chi connectivity index (χ3n) is 3.58. The van der Waals surface area contributed by atoms with Crippen molar-refractivity contribution in [3.8, 4) is 5.75 Å². The number of ether oxygens (including phenoxy) is 1. The van der Waals surface area contributed by atoms with Gasteiger partial charge in [0.2, 0.25) is 10.0 Å². The van der Waals surface area contributed by atoms with Gasteiger partial charge in [-0.3, -0.25) is 0 Å². The summed E-state index contributed by atoms with van der Waals surface area (Å²) < 4.78 is 33.1. The van der Waals surface area contributed by atoms with Crippen LogP contribution < -0.4 is 9.46 Å². The summed E-state index contributed by atoms with van der Waals surface area (Å²) in [5, 5.41) is 0.459. The number of nitrogens with one attached hydrogen (secondary N) is 1. The topological polar surface area (TPSA) is 55.4 Å². The van der Waals surface area contributed by atoms with Gasteiger partial charge in [0.05, 0.1) is 18.4 Å². The molecule has 1 N–H and O–H groups in total. The molecule has 0 radical (unpaired) electrons. The molecule has 0 amide bonds. The summed E-state index contributed by atoms with van der Waals surface area (Å²) in [6, 6.07) is 14.2. The molecule has 0 saturated carbocycles. The summed E-state index contributed by atoms with van der Waals surface area (Å²) in [6.45, 7) is 0.496. The Morgan fingerprint density at radius 1 is 1.14 bits per heavy atom. The van der Waals surface area contributed by atoms with Gasteiger partial charge in [-0.1, -0.05) is 48.0 Å². The first-order valence-electron chi connectivity index (χ1n) is 7.00. The first-order chi connectivity index (χ1) is 10.6. The van der Waals surface area contributed by atoms with E-state index in [9.17, 15) is 8.42 Å². The maximum atomic E-state index is 12.4. The number of hydrogen-bond acceptors (Lipinski definition) is 3. The highest BCUT2D eigenvalue weighted by Crippen LogP contribution is 2.32. The molecule has 3 rings (SSSR count). The van der Waals surface area contributed by atoms with E-state index in [1.807, 2.05) is 24.3 Å². The molecule has 1 aliphatic rings. The summed E-state index contributed by atoms with van der Waals surface area (Å²) >= 11 is 6.04. The number of hydrogen-bond donors (Lipinski definition) is 1. The van der Waals surface area contributed by atoms with Crippen LogP contribution in [0.3, 0.4) is 0 Å². The Labute approximate surface area is 135 Å². The van der Waals surface area contributed by atoms with Crippen molar-refractivity contribution in [3.63, 3.8) is 0 Å². The van der Waals surface area contributed by atoms with Gasteiger partial charge in [0.25, 0.3) is 0 Å². The van der Waals surface area contributed by atoms with Crippen LogP contribution in [0.25, 0.3) is 0 Å². The minimum atomic E-state index is -3.49. The van der Waals surface area contributed by atoms with Gasteiger partial charge in [0.15, 0.2) is 0 Å². The molecule has 1 atom stereocenters. The van der Waals surface area contributed by atoms with Gasteiger partial charge >= 0.3 is 0 Å². The fourth-order valence-electron chi connectivity index (χ4n) is 2.54. The molecule has 4 nitrogen and oxygen atoms in total. The number of benzene rings is 2. The van der Waals surface area contributed by atoms with Crippen LogP contribution in [-0.2, 0) is 15.8 Å². The largest absolute Gasteiger partial charge is 0.493 e. The minimum Gasteiger partial charge on any atom is -0.493 e. The van der Waals surface area contributed by atoms with Crippen LogP contribution in [0.15, 0.2) is 48.5 Å². The van der Waals surface area contributed by atoms with Crippen molar-refractivity contribution in [1.29, 1.82) is 0 Å². The predicted molar refractivity (Wildman–Crippen MR) is 86.5 cm³/mol. The fraction of sp³-hybridized carbons (Fsp3) is 0.250. The van der Waals surface area contributed by atoms with E-state index in [1.165, 1.54) is 0 Å². The van der Waals surface area contributed by atoms with Gasteiger partial charge in [-0.05, 0) is 17.7 Å². The average Bonchev–Trinajstić information content (AvgIpc) is 2.49. The van der Waals surface area contributed by atoms with Crippen molar-refractivity contribution in [2.75, 3.05) is 6.61 Å². The van der Waals surface area contributed by atoms with Crippen LogP contribution in [0.2, 0.25) is 5.02 Å². The quantitative estimate of drug-likeness (QED) is 0.931. The summed E-state index contributed by atoms with van der Waals surface area (Å²) in [6.07, 6.45) is 0.610. The SMILES string of the molecule is O=S(=O)(Cc1ccccc1Cl)NC1CCOc2ccccc21. The Morgan fingerprint density at radius 2 is 1.86 bits per heavy atom. The van der Waals surface area contributed by atoms with Gasteiger partial charge in [-0.25, -0.2) is 13.1 Å². The number of para-hydroxylation sites is 1. The Kier molecular flexibility index (Phi) is 4.38. The third-order valence-corrected chi connectivity index (χ3v) is 5.29. The average molecular weight is 338 g/mol. The van der Waals surface area contributed by atoms with Crippen LogP contribution in [0, 0.1) is 0 Å². The molecule has 1 heterocycles. The van der Waals surface area contributed by atoms with Gasteiger partial charge in [0.1, 0.15) is 5.75 Å². The van der Waals surface area contributed by atoms with Crippen molar-refractivity contribution in [1.82, 2.24) is 4.72 Å². The third kappa shape index (κ3) is 3.43. The molecule has 2 aromatic carbocycles. The van der Waals surface area contributed by atoms with Crippen molar-refractivity contribution < 1.29 is 13.2 Å². The maximum Gasteiger partial charge on any atom is 0.216 e. The summed E-state index contributed by atoms with van der Waals surface area (Å²) in [5.41, 5.74) is 1.47. The van der Waals surface area contributed by atoms with E-state index in [-0.39, 0.29) is 11.8 Å². The predicted octanol–water partition coefficient (Wildman–Crippen LogP) is 3.28. The van der Waals surface area contributed by atoms with E-state index in [0.717, 1.165) is 11.3 Å². The normalized spacial score (nSPS) is 17.6. The highest BCUT2D eigenvalue weighted by molar-refractivity contribution is 7.88. The monoisotopic (exact) mass is 337 g/mol. The zero-order valence-corrected chi connectivity index (χ0v) is 13.4. The van der Waals surface area contributed by atoms with Crippen molar-refractivity contribution >= 4 is 21.6 Å². The minimum absolute atomic E-state index is 0.133. The number of sulfonamides is 1. The van der Waals surface area contributed by atoms with Gasteiger partial charge in [0, 0.05) is 17.0 Å². The van der Waals surface area contributed by atoms with E-state index in [0.29, 0.717) is 23.6 Å². The fourth-order valence-corrected chi connectivity index (χ4v) is 4.25. The van der Waals surface area contributed by atoms with Gasteiger partial charge in [-0.2, -0.15) is 0 Å². The highest BCUT2D eigenvalue weighted by atomic mass is 35.5. The molecule has 0 aromatic heterocycles. The first kappa shape index (κ1) is 15.3. The van der Waals surface area contributed by atoms with Crippen LogP contribution in [0.5, 0.6) is 5.75 Å². The first-order valence-corrected chi connectivity index (χ1v) is 9.03. The zero-order valence-electron chi connectivity index (χ0n) is 11.8. The number of rotatable bonds is 4. The van der Waals surface area contributed by atoms with Crippen molar-refractivity contribution in [2.24, 2.45) is 0 Å². The lowest BCUT2D eigenvalue weighted by atomic mass is 10.0. The van der Waals surface area contributed by atoms with Crippen LogP contribution in [0.4, 0.5) is 0 Å². The van der Waals surface area contributed by atoms with Crippen molar-refractivity contribution in [2.45, 2.75) is 18.2 Å². The second-order valence-electron chi connectivity index (χ2n) is 5.20. The Morgan fingerprint density at radius 3 is 2.68 bits per heavy atom. The number of halogens is 1. The lowest BCUT2D eigenvalue weighted by Gasteiger charge is -2.26. The smallest absolute Gasteiger partial charge is 0.216 e. The van der Waals surface area contributed by atoms with E-state index >= 15 is 0 Å².